The minimum Gasteiger partial charge on any atom is -0.488 e. The van der Waals surface area contributed by atoms with Crippen molar-refractivity contribution in [3.63, 3.8) is 0 Å². The third kappa shape index (κ3) is 2.79. The minimum absolute atomic E-state index is 0.0324. The van der Waals surface area contributed by atoms with Crippen LogP contribution in [0.25, 0.3) is 0 Å². The van der Waals surface area contributed by atoms with Crippen molar-refractivity contribution in [1.82, 2.24) is 0 Å². The van der Waals surface area contributed by atoms with Crippen molar-refractivity contribution >= 4 is 0 Å². The van der Waals surface area contributed by atoms with Gasteiger partial charge in [-0.3, -0.25) is 0 Å². The third-order valence-electron chi connectivity index (χ3n) is 3.54. The molecule has 1 fully saturated rings. The number of rotatable bonds is 5. The Morgan fingerprint density at radius 3 is 2.47 bits per heavy atom. The fourth-order valence-corrected chi connectivity index (χ4v) is 2.35. The second kappa shape index (κ2) is 5.45. The largest absolute Gasteiger partial charge is 0.488 e. The smallest absolute Gasteiger partial charge is 0.128 e. The number of aliphatic hydroxyl groups is 1. The maximum absolute atomic E-state index is 9.46. The molecule has 1 aliphatic rings. The van der Waals surface area contributed by atoms with Gasteiger partial charge in [-0.15, -0.1) is 0 Å². The first-order valence-corrected chi connectivity index (χ1v) is 6.78. The molecular formula is C17H18O2. The summed E-state index contributed by atoms with van der Waals surface area (Å²) >= 11 is 0. The molecule has 0 unspecified atom stereocenters. The van der Waals surface area contributed by atoms with Crippen molar-refractivity contribution in [2.75, 3.05) is 0 Å². The van der Waals surface area contributed by atoms with Crippen molar-refractivity contribution < 1.29 is 9.84 Å². The average molecular weight is 254 g/mol. The Balaban J connectivity index is 1.82. The van der Waals surface area contributed by atoms with Crippen LogP contribution in [-0.2, 0) is 13.2 Å². The van der Waals surface area contributed by atoms with Crippen LogP contribution in [0.4, 0.5) is 0 Å². The molecule has 0 atom stereocenters. The highest BCUT2D eigenvalue weighted by atomic mass is 16.5. The summed E-state index contributed by atoms with van der Waals surface area (Å²) in [5.74, 6) is 1.51. The first-order chi connectivity index (χ1) is 9.38. The average Bonchev–Trinajstić information content (AvgIpc) is 3.30. The molecule has 19 heavy (non-hydrogen) atoms. The lowest BCUT2D eigenvalue weighted by Gasteiger charge is -2.14. The van der Waals surface area contributed by atoms with Crippen molar-refractivity contribution in [2.45, 2.75) is 32.0 Å². The molecule has 2 heteroatoms. The molecule has 1 N–H and O–H groups in total. The van der Waals surface area contributed by atoms with Gasteiger partial charge in [0.25, 0.3) is 0 Å². The Kier molecular flexibility index (Phi) is 3.51. The van der Waals surface area contributed by atoms with E-state index in [1.165, 1.54) is 18.4 Å². The Morgan fingerprint density at radius 1 is 1.00 bits per heavy atom. The predicted molar refractivity (Wildman–Crippen MR) is 75.1 cm³/mol. The van der Waals surface area contributed by atoms with Gasteiger partial charge in [0, 0.05) is 5.56 Å². The number of ether oxygens (including phenoxy) is 1. The SMILES string of the molecule is OCc1cccc(C2CC2)c1OCc1ccccc1. The molecule has 3 rings (SSSR count). The molecule has 2 nitrogen and oxygen atoms in total. The molecule has 0 spiro atoms. The van der Waals surface area contributed by atoms with Gasteiger partial charge < -0.3 is 9.84 Å². The van der Waals surface area contributed by atoms with Crippen LogP contribution in [0.5, 0.6) is 5.75 Å². The van der Waals surface area contributed by atoms with Crippen LogP contribution in [0.3, 0.4) is 0 Å². The van der Waals surface area contributed by atoms with E-state index in [0.717, 1.165) is 16.9 Å². The molecule has 1 saturated carbocycles. The number of hydrogen-bond donors (Lipinski definition) is 1. The standard InChI is InChI=1S/C17H18O2/c18-11-15-7-4-8-16(14-9-10-14)17(15)19-12-13-5-2-1-3-6-13/h1-8,14,18H,9-12H2. The third-order valence-corrected chi connectivity index (χ3v) is 3.54. The summed E-state index contributed by atoms with van der Waals surface area (Å²) in [6, 6.07) is 16.2. The van der Waals surface area contributed by atoms with E-state index in [9.17, 15) is 5.11 Å². The topological polar surface area (TPSA) is 29.5 Å². The highest BCUT2D eigenvalue weighted by molar-refractivity contribution is 5.45. The molecule has 1 aliphatic carbocycles. The molecule has 0 heterocycles. The van der Waals surface area contributed by atoms with E-state index in [0.29, 0.717) is 12.5 Å². The van der Waals surface area contributed by atoms with E-state index in [1.54, 1.807) is 0 Å². The van der Waals surface area contributed by atoms with Gasteiger partial charge in [-0.1, -0.05) is 48.5 Å². The van der Waals surface area contributed by atoms with Gasteiger partial charge in [0.2, 0.25) is 0 Å². The van der Waals surface area contributed by atoms with Crippen molar-refractivity contribution in [3.05, 3.63) is 65.2 Å². The van der Waals surface area contributed by atoms with E-state index in [-0.39, 0.29) is 6.61 Å². The quantitative estimate of drug-likeness (QED) is 0.882. The normalized spacial score (nSPS) is 14.4. The van der Waals surface area contributed by atoms with E-state index >= 15 is 0 Å². The zero-order chi connectivity index (χ0) is 13.1. The minimum atomic E-state index is 0.0324. The van der Waals surface area contributed by atoms with Crippen LogP contribution in [0, 0.1) is 0 Å². The first-order valence-electron chi connectivity index (χ1n) is 6.78. The molecule has 0 aromatic heterocycles. The van der Waals surface area contributed by atoms with Gasteiger partial charge in [0.15, 0.2) is 0 Å². The van der Waals surface area contributed by atoms with Crippen LogP contribution in [-0.4, -0.2) is 5.11 Å². The molecular weight excluding hydrogens is 236 g/mol. The van der Waals surface area contributed by atoms with E-state index in [4.69, 9.17) is 4.74 Å². The maximum Gasteiger partial charge on any atom is 0.128 e. The molecule has 0 saturated heterocycles. The highest BCUT2D eigenvalue weighted by Gasteiger charge is 2.27. The summed E-state index contributed by atoms with van der Waals surface area (Å²) in [5, 5.41) is 9.46. The van der Waals surface area contributed by atoms with Crippen LogP contribution in [0.15, 0.2) is 48.5 Å². The summed E-state index contributed by atoms with van der Waals surface area (Å²) in [6.45, 7) is 0.586. The number of benzene rings is 2. The monoisotopic (exact) mass is 254 g/mol. The fourth-order valence-electron chi connectivity index (χ4n) is 2.35. The summed E-state index contributed by atoms with van der Waals surface area (Å²) in [7, 11) is 0. The van der Waals surface area contributed by atoms with Gasteiger partial charge in [0.1, 0.15) is 12.4 Å². The lowest BCUT2D eigenvalue weighted by molar-refractivity contribution is 0.257. The highest BCUT2D eigenvalue weighted by Crippen LogP contribution is 2.45. The van der Waals surface area contributed by atoms with Crippen molar-refractivity contribution in [1.29, 1.82) is 0 Å². The first kappa shape index (κ1) is 12.2. The maximum atomic E-state index is 9.46. The zero-order valence-electron chi connectivity index (χ0n) is 10.9. The second-order valence-corrected chi connectivity index (χ2v) is 5.04. The molecule has 0 bridgehead atoms. The lowest BCUT2D eigenvalue weighted by Crippen LogP contribution is -2.01. The zero-order valence-corrected chi connectivity index (χ0v) is 10.9. The van der Waals surface area contributed by atoms with Gasteiger partial charge in [-0.2, -0.15) is 0 Å². The summed E-state index contributed by atoms with van der Waals surface area (Å²) in [4.78, 5) is 0. The van der Waals surface area contributed by atoms with E-state index in [1.807, 2.05) is 30.3 Å². The van der Waals surface area contributed by atoms with E-state index in [2.05, 4.69) is 18.2 Å². The van der Waals surface area contributed by atoms with Crippen LogP contribution in [0.1, 0.15) is 35.4 Å². The Morgan fingerprint density at radius 2 is 1.79 bits per heavy atom. The van der Waals surface area contributed by atoms with Gasteiger partial charge in [-0.05, 0) is 29.9 Å². The number of aliphatic hydroxyl groups excluding tert-OH is 1. The van der Waals surface area contributed by atoms with E-state index < -0.39 is 0 Å². The summed E-state index contributed by atoms with van der Waals surface area (Å²) in [6.07, 6.45) is 2.47. The molecule has 2 aromatic carbocycles. The molecule has 98 valence electrons. The van der Waals surface area contributed by atoms with Gasteiger partial charge in [0.05, 0.1) is 6.61 Å². The van der Waals surface area contributed by atoms with Gasteiger partial charge >= 0.3 is 0 Å². The lowest BCUT2D eigenvalue weighted by atomic mass is 10.1. The Labute approximate surface area is 113 Å². The fraction of sp³-hybridized carbons (Fsp3) is 0.294. The Bertz CT molecular complexity index is 544. The summed E-state index contributed by atoms with van der Waals surface area (Å²) < 4.78 is 5.99. The van der Waals surface area contributed by atoms with Crippen LogP contribution >= 0.6 is 0 Å². The Hall–Kier alpha value is -1.80. The van der Waals surface area contributed by atoms with Gasteiger partial charge in [-0.25, -0.2) is 0 Å². The van der Waals surface area contributed by atoms with Crippen molar-refractivity contribution in [3.8, 4) is 5.75 Å². The number of para-hydroxylation sites is 1. The summed E-state index contributed by atoms with van der Waals surface area (Å²) in [5.41, 5.74) is 3.29. The predicted octanol–water partition coefficient (Wildman–Crippen LogP) is 3.64. The molecule has 2 aromatic rings. The molecule has 0 radical (unpaired) electrons. The van der Waals surface area contributed by atoms with Crippen LogP contribution < -0.4 is 4.74 Å². The second-order valence-electron chi connectivity index (χ2n) is 5.04. The molecule has 0 amide bonds. The van der Waals surface area contributed by atoms with Crippen LogP contribution in [0.2, 0.25) is 0 Å². The van der Waals surface area contributed by atoms with Crippen molar-refractivity contribution in [2.24, 2.45) is 0 Å². The number of hydrogen-bond acceptors (Lipinski definition) is 2. The molecule has 0 aliphatic heterocycles.